The molecular formula is C16H15FINO3. The van der Waals surface area contributed by atoms with Crippen molar-refractivity contribution in [2.75, 3.05) is 19.0 Å². The van der Waals surface area contributed by atoms with Crippen molar-refractivity contribution in [3.63, 3.8) is 0 Å². The van der Waals surface area contributed by atoms with Crippen LogP contribution in [0, 0.1) is 9.39 Å². The lowest BCUT2D eigenvalue weighted by Crippen LogP contribution is -2.13. The Morgan fingerprint density at radius 1 is 1.32 bits per heavy atom. The average molecular weight is 415 g/mol. The lowest BCUT2D eigenvalue weighted by atomic mass is 10.2. The quantitative estimate of drug-likeness (QED) is 0.749. The largest absolute Gasteiger partial charge is 0.492 e. The number of carbonyl (C=O) groups excluding carboxylic acids is 1. The first kappa shape index (κ1) is 16.5. The zero-order valence-corrected chi connectivity index (χ0v) is 14.3. The van der Waals surface area contributed by atoms with Gasteiger partial charge < -0.3 is 14.8 Å². The van der Waals surface area contributed by atoms with Crippen LogP contribution in [0.2, 0.25) is 0 Å². The molecule has 2 aromatic carbocycles. The fourth-order valence-electron chi connectivity index (χ4n) is 1.93. The van der Waals surface area contributed by atoms with Crippen molar-refractivity contribution in [3.05, 3.63) is 51.3 Å². The van der Waals surface area contributed by atoms with E-state index in [2.05, 4.69) is 27.9 Å². The van der Waals surface area contributed by atoms with Crippen LogP contribution in [-0.4, -0.2) is 19.6 Å². The molecule has 0 aliphatic heterocycles. The third-order valence-corrected chi connectivity index (χ3v) is 3.66. The lowest BCUT2D eigenvalue weighted by Gasteiger charge is -2.13. The van der Waals surface area contributed by atoms with Gasteiger partial charge in [0.1, 0.15) is 5.82 Å². The molecular weight excluding hydrogens is 400 g/mol. The maximum atomic E-state index is 13.2. The number of ether oxygens (including phenoxy) is 2. The summed E-state index contributed by atoms with van der Waals surface area (Å²) in [7, 11) is 1.55. The number of anilines is 1. The highest BCUT2D eigenvalue weighted by Gasteiger charge is 2.15. The zero-order chi connectivity index (χ0) is 16.1. The van der Waals surface area contributed by atoms with E-state index in [0.29, 0.717) is 29.4 Å². The maximum absolute atomic E-state index is 13.2. The van der Waals surface area contributed by atoms with Crippen LogP contribution >= 0.6 is 22.6 Å². The topological polar surface area (TPSA) is 47.6 Å². The first-order chi connectivity index (χ1) is 10.5. The Balaban J connectivity index is 2.29. The van der Waals surface area contributed by atoms with E-state index in [4.69, 9.17) is 9.47 Å². The molecule has 1 amide bonds. The summed E-state index contributed by atoms with van der Waals surface area (Å²) in [6.07, 6.45) is 0. The summed E-state index contributed by atoms with van der Waals surface area (Å²) in [5, 5.41) is 2.65. The molecule has 6 heteroatoms. The number of hydrogen-bond acceptors (Lipinski definition) is 3. The molecule has 0 spiro atoms. The van der Waals surface area contributed by atoms with Crippen LogP contribution in [0.3, 0.4) is 0 Å². The molecule has 0 heterocycles. The number of halogens is 2. The molecule has 0 unspecified atom stereocenters. The molecule has 22 heavy (non-hydrogen) atoms. The highest BCUT2D eigenvalue weighted by atomic mass is 127. The monoisotopic (exact) mass is 415 g/mol. The van der Waals surface area contributed by atoms with Crippen LogP contribution < -0.4 is 14.8 Å². The molecule has 2 aromatic rings. The summed E-state index contributed by atoms with van der Waals surface area (Å²) in [5.74, 6) is 0.343. The Morgan fingerprint density at radius 3 is 2.73 bits per heavy atom. The highest BCUT2D eigenvalue weighted by molar-refractivity contribution is 14.1. The van der Waals surface area contributed by atoms with Gasteiger partial charge in [-0.2, -0.15) is 0 Å². The Morgan fingerprint density at radius 2 is 2.09 bits per heavy atom. The summed E-state index contributed by atoms with van der Waals surface area (Å²) >= 11 is 2.08. The van der Waals surface area contributed by atoms with Crippen molar-refractivity contribution in [2.24, 2.45) is 0 Å². The fraction of sp³-hybridized carbons (Fsp3) is 0.188. The van der Waals surface area contributed by atoms with Crippen molar-refractivity contribution in [2.45, 2.75) is 6.92 Å². The summed E-state index contributed by atoms with van der Waals surface area (Å²) in [6, 6.07) is 9.04. The normalized spacial score (nSPS) is 10.2. The smallest absolute Gasteiger partial charge is 0.255 e. The van der Waals surface area contributed by atoms with E-state index in [1.165, 1.54) is 18.2 Å². The minimum absolute atomic E-state index is 0.341. The summed E-state index contributed by atoms with van der Waals surface area (Å²) in [4.78, 5) is 12.3. The number of amides is 1. The third-order valence-electron chi connectivity index (χ3n) is 2.86. The molecule has 0 fully saturated rings. The first-order valence-corrected chi connectivity index (χ1v) is 7.70. The molecule has 0 saturated heterocycles. The SMILES string of the molecule is CCOc1cc(C(=O)Nc2cccc(F)c2)cc(I)c1OC. The van der Waals surface area contributed by atoms with Gasteiger partial charge in [0, 0.05) is 11.3 Å². The number of rotatable bonds is 5. The third kappa shape index (κ3) is 3.88. The van der Waals surface area contributed by atoms with Gasteiger partial charge in [0.15, 0.2) is 11.5 Å². The van der Waals surface area contributed by atoms with Crippen molar-refractivity contribution in [1.29, 1.82) is 0 Å². The lowest BCUT2D eigenvalue weighted by molar-refractivity contribution is 0.102. The van der Waals surface area contributed by atoms with Crippen LogP contribution in [0.4, 0.5) is 10.1 Å². The van der Waals surface area contributed by atoms with Gasteiger partial charge in [0.25, 0.3) is 5.91 Å². The highest BCUT2D eigenvalue weighted by Crippen LogP contribution is 2.34. The second kappa shape index (κ2) is 7.44. The molecule has 0 radical (unpaired) electrons. The second-order valence-corrected chi connectivity index (χ2v) is 5.55. The summed E-state index contributed by atoms with van der Waals surface area (Å²) < 4.78 is 24.7. The van der Waals surface area contributed by atoms with Crippen LogP contribution in [0.5, 0.6) is 11.5 Å². The Kier molecular flexibility index (Phi) is 5.59. The van der Waals surface area contributed by atoms with E-state index in [0.717, 1.165) is 3.57 Å². The van der Waals surface area contributed by atoms with Crippen molar-refractivity contribution in [3.8, 4) is 11.5 Å². The molecule has 1 N–H and O–H groups in total. The predicted octanol–water partition coefficient (Wildman–Crippen LogP) is 4.09. The van der Waals surface area contributed by atoms with Gasteiger partial charge in [0.05, 0.1) is 17.3 Å². The number of nitrogens with one attached hydrogen (secondary N) is 1. The van der Waals surface area contributed by atoms with E-state index < -0.39 is 5.82 Å². The molecule has 0 atom stereocenters. The van der Waals surface area contributed by atoms with Crippen LogP contribution in [0.25, 0.3) is 0 Å². The Hall–Kier alpha value is -1.83. The van der Waals surface area contributed by atoms with Gasteiger partial charge in [0.2, 0.25) is 0 Å². The number of methoxy groups -OCH3 is 1. The average Bonchev–Trinajstić information content (AvgIpc) is 2.47. The van der Waals surface area contributed by atoms with Gasteiger partial charge >= 0.3 is 0 Å². The molecule has 2 rings (SSSR count). The van der Waals surface area contributed by atoms with Gasteiger partial charge in [-0.25, -0.2) is 4.39 Å². The molecule has 4 nitrogen and oxygen atoms in total. The molecule has 116 valence electrons. The van der Waals surface area contributed by atoms with Crippen molar-refractivity contribution >= 4 is 34.2 Å². The van der Waals surface area contributed by atoms with Crippen LogP contribution in [-0.2, 0) is 0 Å². The van der Waals surface area contributed by atoms with E-state index in [9.17, 15) is 9.18 Å². The molecule has 0 aliphatic rings. The Bertz CT molecular complexity index is 691. The fourth-order valence-corrected chi connectivity index (χ4v) is 2.75. The van der Waals surface area contributed by atoms with Gasteiger partial charge in [-0.05, 0) is 59.8 Å². The van der Waals surface area contributed by atoms with E-state index in [-0.39, 0.29) is 5.91 Å². The van der Waals surface area contributed by atoms with Crippen molar-refractivity contribution < 1.29 is 18.7 Å². The standard InChI is InChI=1S/C16H15FINO3/c1-3-22-14-8-10(7-13(18)15(14)21-2)16(20)19-12-6-4-5-11(17)9-12/h4-9H,3H2,1-2H3,(H,19,20). The number of carbonyl (C=O) groups is 1. The predicted molar refractivity (Wildman–Crippen MR) is 91.2 cm³/mol. The number of hydrogen-bond donors (Lipinski definition) is 1. The summed E-state index contributed by atoms with van der Waals surface area (Å²) in [6.45, 7) is 2.31. The molecule has 0 saturated carbocycles. The zero-order valence-electron chi connectivity index (χ0n) is 12.2. The minimum Gasteiger partial charge on any atom is -0.492 e. The van der Waals surface area contributed by atoms with Crippen LogP contribution in [0.15, 0.2) is 36.4 Å². The number of benzene rings is 2. The Labute approximate surface area is 141 Å². The second-order valence-electron chi connectivity index (χ2n) is 4.39. The summed E-state index contributed by atoms with van der Waals surface area (Å²) in [5.41, 5.74) is 0.812. The van der Waals surface area contributed by atoms with Gasteiger partial charge in [-0.15, -0.1) is 0 Å². The van der Waals surface area contributed by atoms with E-state index >= 15 is 0 Å². The molecule has 0 aromatic heterocycles. The van der Waals surface area contributed by atoms with Crippen molar-refractivity contribution in [1.82, 2.24) is 0 Å². The van der Waals surface area contributed by atoms with E-state index in [1.807, 2.05) is 6.92 Å². The van der Waals surface area contributed by atoms with Crippen LogP contribution in [0.1, 0.15) is 17.3 Å². The first-order valence-electron chi connectivity index (χ1n) is 6.62. The van der Waals surface area contributed by atoms with E-state index in [1.54, 1.807) is 25.3 Å². The molecule has 0 aliphatic carbocycles. The van der Waals surface area contributed by atoms with Gasteiger partial charge in [-0.1, -0.05) is 6.07 Å². The maximum Gasteiger partial charge on any atom is 0.255 e. The van der Waals surface area contributed by atoms with Gasteiger partial charge in [-0.3, -0.25) is 4.79 Å². The molecule has 0 bridgehead atoms. The minimum atomic E-state index is -0.405.